The zero-order valence-electron chi connectivity index (χ0n) is 11.6. The molecule has 2 rings (SSSR count). The third-order valence-corrected chi connectivity index (χ3v) is 4.00. The van der Waals surface area contributed by atoms with Crippen LogP contribution in [0.5, 0.6) is 5.75 Å². The van der Waals surface area contributed by atoms with E-state index >= 15 is 0 Å². The van der Waals surface area contributed by atoms with E-state index in [0.29, 0.717) is 22.8 Å². The number of hydrogen-bond acceptors (Lipinski definition) is 3. The predicted octanol–water partition coefficient (Wildman–Crippen LogP) is 2.20. The average Bonchev–Trinajstić information content (AvgIpc) is 3.17. The molecular weight excluding hydrogens is 240 g/mol. The number of nitrogens with one attached hydrogen (secondary N) is 1. The number of anilines is 1. The minimum Gasteiger partial charge on any atom is -0.484 e. The van der Waals surface area contributed by atoms with Gasteiger partial charge in [-0.25, -0.2) is 0 Å². The number of rotatable bonds is 6. The van der Waals surface area contributed by atoms with E-state index in [1.165, 1.54) is 12.8 Å². The number of ether oxygens (including phenoxy) is 1. The Labute approximate surface area is 114 Å². The van der Waals surface area contributed by atoms with Crippen molar-refractivity contribution in [3.63, 3.8) is 0 Å². The van der Waals surface area contributed by atoms with Crippen molar-refractivity contribution < 1.29 is 9.53 Å². The number of carbonyl (C=O) groups is 1. The molecule has 1 saturated carbocycles. The lowest BCUT2D eigenvalue weighted by atomic mass is 9.92. The highest BCUT2D eigenvalue weighted by molar-refractivity contribution is 5.77. The van der Waals surface area contributed by atoms with Crippen molar-refractivity contribution in [3.8, 4) is 5.75 Å². The molecule has 0 radical (unpaired) electrons. The van der Waals surface area contributed by atoms with E-state index in [-0.39, 0.29) is 12.5 Å². The molecule has 19 heavy (non-hydrogen) atoms. The second kappa shape index (κ2) is 5.51. The molecule has 1 amide bonds. The maximum Gasteiger partial charge on any atom is 0.257 e. The molecule has 1 fully saturated rings. The molecule has 0 spiro atoms. The van der Waals surface area contributed by atoms with E-state index in [0.717, 1.165) is 6.54 Å². The summed E-state index contributed by atoms with van der Waals surface area (Å²) in [5, 5.41) is 2.96. The number of carbonyl (C=O) groups excluding carboxylic acids is 1. The fourth-order valence-electron chi connectivity index (χ4n) is 2.16. The lowest BCUT2D eigenvalue weighted by molar-refractivity contribution is -0.123. The Balaban J connectivity index is 1.72. The summed E-state index contributed by atoms with van der Waals surface area (Å²) < 4.78 is 5.40. The predicted molar refractivity (Wildman–Crippen MR) is 75.9 cm³/mol. The van der Waals surface area contributed by atoms with Gasteiger partial charge in [-0.1, -0.05) is 13.8 Å². The van der Waals surface area contributed by atoms with Gasteiger partial charge < -0.3 is 15.8 Å². The van der Waals surface area contributed by atoms with Crippen LogP contribution in [0.25, 0.3) is 0 Å². The van der Waals surface area contributed by atoms with Crippen molar-refractivity contribution in [1.29, 1.82) is 0 Å². The fraction of sp³-hybridized carbons (Fsp3) is 0.533. The summed E-state index contributed by atoms with van der Waals surface area (Å²) in [5.74, 6) is 1.21. The van der Waals surface area contributed by atoms with Gasteiger partial charge in [-0.15, -0.1) is 0 Å². The van der Waals surface area contributed by atoms with Gasteiger partial charge in [0.2, 0.25) is 0 Å². The smallest absolute Gasteiger partial charge is 0.257 e. The number of hydrogen-bond donors (Lipinski definition) is 2. The third-order valence-electron chi connectivity index (χ3n) is 4.00. The first-order valence-electron chi connectivity index (χ1n) is 6.77. The lowest BCUT2D eigenvalue weighted by Crippen LogP contribution is -2.35. The molecule has 4 heteroatoms. The fourth-order valence-corrected chi connectivity index (χ4v) is 2.16. The quantitative estimate of drug-likeness (QED) is 0.772. The first-order chi connectivity index (χ1) is 9.02. The maximum atomic E-state index is 11.7. The van der Waals surface area contributed by atoms with Crippen molar-refractivity contribution in [2.45, 2.75) is 26.7 Å². The van der Waals surface area contributed by atoms with Crippen LogP contribution < -0.4 is 15.8 Å². The number of amides is 1. The topological polar surface area (TPSA) is 64.3 Å². The highest BCUT2D eigenvalue weighted by Crippen LogP contribution is 2.51. The van der Waals surface area contributed by atoms with Crippen LogP contribution in [-0.4, -0.2) is 19.1 Å². The molecule has 104 valence electrons. The second-order valence-electron chi connectivity index (χ2n) is 5.65. The molecule has 0 heterocycles. The van der Waals surface area contributed by atoms with Gasteiger partial charge in [0.15, 0.2) is 6.61 Å². The number of nitrogen functional groups attached to an aromatic ring is 1. The summed E-state index contributed by atoms with van der Waals surface area (Å²) in [6.45, 7) is 5.24. The monoisotopic (exact) mass is 262 g/mol. The minimum atomic E-state index is -0.0660. The molecule has 1 aromatic carbocycles. The van der Waals surface area contributed by atoms with Gasteiger partial charge in [0.05, 0.1) is 0 Å². The largest absolute Gasteiger partial charge is 0.484 e. The minimum absolute atomic E-state index is 0.0537. The van der Waals surface area contributed by atoms with E-state index in [2.05, 4.69) is 19.2 Å². The van der Waals surface area contributed by atoms with Crippen LogP contribution in [0.2, 0.25) is 0 Å². The molecular formula is C15H22N2O2. The van der Waals surface area contributed by atoms with Crippen LogP contribution in [0.15, 0.2) is 24.3 Å². The normalized spacial score (nSPS) is 16.2. The molecule has 0 unspecified atom stereocenters. The van der Waals surface area contributed by atoms with Crippen LogP contribution in [0.1, 0.15) is 26.7 Å². The van der Waals surface area contributed by atoms with Gasteiger partial charge in [0.25, 0.3) is 5.91 Å². The first-order valence-corrected chi connectivity index (χ1v) is 6.77. The molecule has 0 atom stereocenters. The van der Waals surface area contributed by atoms with Crippen LogP contribution >= 0.6 is 0 Å². The number of nitrogens with two attached hydrogens (primary N) is 1. The highest BCUT2D eigenvalue weighted by Gasteiger charge is 2.45. The third kappa shape index (κ3) is 3.63. The van der Waals surface area contributed by atoms with Crippen molar-refractivity contribution in [2.75, 3.05) is 18.9 Å². The van der Waals surface area contributed by atoms with Crippen molar-refractivity contribution in [2.24, 2.45) is 11.3 Å². The van der Waals surface area contributed by atoms with Crippen molar-refractivity contribution >= 4 is 11.6 Å². The molecule has 1 aliphatic carbocycles. The van der Waals surface area contributed by atoms with E-state index in [4.69, 9.17) is 10.5 Å². The van der Waals surface area contributed by atoms with Crippen LogP contribution in [0.3, 0.4) is 0 Å². The Morgan fingerprint density at radius 2 is 2.00 bits per heavy atom. The SMILES string of the molecule is CC(C)C1(CNC(=O)COc2ccc(N)cc2)CC1. The van der Waals surface area contributed by atoms with Crippen molar-refractivity contribution in [1.82, 2.24) is 5.32 Å². The Hall–Kier alpha value is -1.71. The number of benzene rings is 1. The molecule has 0 bridgehead atoms. The van der Waals surface area contributed by atoms with Gasteiger partial charge in [-0.3, -0.25) is 4.79 Å². The van der Waals surface area contributed by atoms with Crippen molar-refractivity contribution in [3.05, 3.63) is 24.3 Å². The molecule has 0 aromatic heterocycles. The van der Waals surface area contributed by atoms with Gasteiger partial charge in [0.1, 0.15) is 5.75 Å². The molecule has 4 nitrogen and oxygen atoms in total. The first kappa shape index (κ1) is 13.7. The molecule has 1 aliphatic rings. The van der Waals surface area contributed by atoms with E-state index in [9.17, 15) is 4.79 Å². The summed E-state index contributed by atoms with van der Waals surface area (Å²) >= 11 is 0. The van der Waals surface area contributed by atoms with Gasteiger partial charge in [0, 0.05) is 12.2 Å². The molecule has 3 N–H and O–H groups in total. The second-order valence-corrected chi connectivity index (χ2v) is 5.65. The Bertz CT molecular complexity index is 436. The van der Waals surface area contributed by atoms with E-state index < -0.39 is 0 Å². The van der Waals surface area contributed by atoms with Gasteiger partial charge in [-0.2, -0.15) is 0 Å². The zero-order chi connectivity index (χ0) is 13.9. The highest BCUT2D eigenvalue weighted by atomic mass is 16.5. The molecule has 0 saturated heterocycles. The molecule has 1 aromatic rings. The van der Waals surface area contributed by atoms with Crippen LogP contribution in [0, 0.1) is 11.3 Å². The summed E-state index contributed by atoms with van der Waals surface area (Å²) in [5.41, 5.74) is 6.59. The maximum absolute atomic E-state index is 11.7. The van der Waals surface area contributed by atoms with Gasteiger partial charge in [-0.05, 0) is 48.4 Å². The summed E-state index contributed by atoms with van der Waals surface area (Å²) in [7, 11) is 0. The zero-order valence-corrected chi connectivity index (χ0v) is 11.6. The Morgan fingerprint density at radius 3 is 2.53 bits per heavy atom. The Kier molecular flexibility index (Phi) is 3.98. The standard InChI is InChI=1S/C15H22N2O2/c1-11(2)15(7-8-15)10-17-14(18)9-19-13-5-3-12(16)4-6-13/h3-6,11H,7-10,16H2,1-2H3,(H,17,18). The summed E-state index contributed by atoms with van der Waals surface area (Å²) in [6, 6.07) is 7.04. The van der Waals surface area contributed by atoms with E-state index in [1.807, 2.05) is 0 Å². The van der Waals surface area contributed by atoms with E-state index in [1.54, 1.807) is 24.3 Å². The summed E-state index contributed by atoms with van der Waals surface area (Å²) in [4.78, 5) is 11.7. The average molecular weight is 262 g/mol. The van der Waals surface area contributed by atoms with Gasteiger partial charge >= 0.3 is 0 Å². The summed E-state index contributed by atoms with van der Waals surface area (Å²) in [6.07, 6.45) is 2.42. The Morgan fingerprint density at radius 1 is 1.37 bits per heavy atom. The molecule has 0 aliphatic heterocycles. The lowest BCUT2D eigenvalue weighted by Gasteiger charge is -2.20. The van der Waals surface area contributed by atoms with Crippen LogP contribution in [-0.2, 0) is 4.79 Å². The van der Waals surface area contributed by atoms with Crippen LogP contribution in [0.4, 0.5) is 5.69 Å².